The molecule has 1 N–H and O–H groups in total. The van der Waals surface area contributed by atoms with Crippen LogP contribution in [0.4, 0.5) is 11.6 Å². The summed E-state index contributed by atoms with van der Waals surface area (Å²) >= 11 is 3.43. The molecular weight excluding hydrogens is 328 g/mol. The third kappa shape index (κ3) is 2.22. The fourth-order valence-corrected chi connectivity index (χ4v) is 2.28. The predicted molar refractivity (Wildman–Crippen MR) is 75.9 cm³/mol. The SMILES string of the molecule is CN(C)c1noc(-c2cc3c(cc2Br)NC(=O)CO3)n1. The van der Waals surface area contributed by atoms with Crippen LogP contribution in [0.15, 0.2) is 21.1 Å². The minimum Gasteiger partial charge on any atom is -0.482 e. The van der Waals surface area contributed by atoms with E-state index in [9.17, 15) is 4.79 Å². The predicted octanol–water partition coefficient (Wildman–Crippen LogP) is 1.90. The van der Waals surface area contributed by atoms with Gasteiger partial charge in [0.25, 0.3) is 17.7 Å². The highest BCUT2D eigenvalue weighted by Crippen LogP contribution is 2.38. The van der Waals surface area contributed by atoms with Crippen molar-refractivity contribution in [2.45, 2.75) is 0 Å². The number of hydrogen-bond donors (Lipinski definition) is 1. The van der Waals surface area contributed by atoms with Crippen molar-refractivity contribution < 1.29 is 14.1 Å². The minimum atomic E-state index is -0.176. The number of hydrogen-bond acceptors (Lipinski definition) is 6. The van der Waals surface area contributed by atoms with Gasteiger partial charge in [0, 0.05) is 18.6 Å². The van der Waals surface area contributed by atoms with Crippen molar-refractivity contribution in [3.8, 4) is 17.2 Å². The largest absolute Gasteiger partial charge is 0.482 e. The number of carbonyl (C=O) groups is 1. The van der Waals surface area contributed by atoms with E-state index < -0.39 is 0 Å². The maximum atomic E-state index is 11.3. The van der Waals surface area contributed by atoms with Gasteiger partial charge >= 0.3 is 0 Å². The van der Waals surface area contributed by atoms with Crippen LogP contribution in [0, 0.1) is 0 Å². The first-order valence-electron chi connectivity index (χ1n) is 5.82. The number of aromatic nitrogens is 2. The number of anilines is 2. The highest BCUT2D eigenvalue weighted by Gasteiger charge is 2.21. The summed E-state index contributed by atoms with van der Waals surface area (Å²) in [7, 11) is 3.66. The molecule has 2 aromatic rings. The molecule has 0 saturated carbocycles. The van der Waals surface area contributed by atoms with Gasteiger partial charge in [-0.15, -0.1) is 0 Å². The maximum absolute atomic E-state index is 11.3. The first-order valence-corrected chi connectivity index (χ1v) is 6.61. The fourth-order valence-electron chi connectivity index (χ4n) is 1.77. The molecule has 1 amide bonds. The van der Waals surface area contributed by atoms with E-state index in [1.165, 1.54) is 0 Å². The van der Waals surface area contributed by atoms with Crippen LogP contribution in [0.2, 0.25) is 0 Å². The van der Waals surface area contributed by atoms with Gasteiger partial charge in [-0.3, -0.25) is 4.79 Å². The summed E-state index contributed by atoms with van der Waals surface area (Å²) in [6.07, 6.45) is 0. The van der Waals surface area contributed by atoms with Crippen molar-refractivity contribution in [3.63, 3.8) is 0 Å². The second kappa shape index (κ2) is 4.78. The van der Waals surface area contributed by atoms with Gasteiger partial charge < -0.3 is 19.5 Å². The summed E-state index contributed by atoms with van der Waals surface area (Å²) in [5, 5.41) is 6.60. The molecule has 0 unspecified atom stereocenters. The first-order chi connectivity index (χ1) is 9.54. The van der Waals surface area contributed by atoms with Gasteiger partial charge in [-0.25, -0.2) is 0 Å². The zero-order chi connectivity index (χ0) is 14.3. The maximum Gasteiger partial charge on any atom is 0.265 e. The second-order valence-corrected chi connectivity index (χ2v) is 5.31. The Morgan fingerprint density at radius 3 is 2.90 bits per heavy atom. The van der Waals surface area contributed by atoms with Crippen molar-refractivity contribution in [2.24, 2.45) is 0 Å². The van der Waals surface area contributed by atoms with E-state index in [4.69, 9.17) is 9.26 Å². The van der Waals surface area contributed by atoms with E-state index in [2.05, 4.69) is 31.4 Å². The molecule has 1 aromatic carbocycles. The highest BCUT2D eigenvalue weighted by molar-refractivity contribution is 9.10. The quantitative estimate of drug-likeness (QED) is 0.900. The van der Waals surface area contributed by atoms with E-state index in [-0.39, 0.29) is 12.5 Å². The molecule has 0 bridgehead atoms. The lowest BCUT2D eigenvalue weighted by atomic mass is 10.1. The molecule has 0 spiro atoms. The minimum absolute atomic E-state index is 0.000847. The summed E-state index contributed by atoms with van der Waals surface area (Å²) in [4.78, 5) is 17.3. The van der Waals surface area contributed by atoms with Crippen LogP contribution >= 0.6 is 15.9 Å². The van der Waals surface area contributed by atoms with E-state index in [0.717, 1.165) is 4.47 Å². The molecule has 0 saturated heterocycles. The molecule has 0 radical (unpaired) electrons. The van der Waals surface area contributed by atoms with E-state index in [1.807, 2.05) is 14.1 Å². The number of amides is 1. The van der Waals surface area contributed by atoms with Crippen molar-refractivity contribution in [3.05, 3.63) is 16.6 Å². The lowest BCUT2D eigenvalue weighted by Gasteiger charge is -2.18. The number of fused-ring (bicyclic) bond motifs is 1. The van der Waals surface area contributed by atoms with Gasteiger partial charge in [-0.2, -0.15) is 4.98 Å². The molecule has 2 heterocycles. The number of rotatable bonds is 2. The zero-order valence-electron chi connectivity index (χ0n) is 10.8. The molecule has 104 valence electrons. The van der Waals surface area contributed by atoms with Gasteiger partial charge in [0.2, 0.25) is 0 Å². The number of halogens is 1. The summed E-state index contributed by atoms with van der Waals surface area (Å²) in [5.41, 5.74) is 1.32. The number of carbonyl (C=O) groups excluding carboxylic acids is 1. The lowest BCUT2D eigenvalue weighted by molar-refractivity contribution is -0.118. The molecule has 20 heavy (non-hydrogen) atoms. The fraction of sp³-hybridized carbons (Fsp3) is 0.250. The monoisotopic (exact) mass is 338 g/mol. The topological polar surface area (TPSA) is 80.5 Å². The molecule has 0 atom stereocenters. The normalized spacial score (nSPS) is 13.4. The van der Waals surface area contributed by atoms with Gasteiger partial charge in [0.1, 0.15) is 5.75 Å². The van der Waals surface area contributed by atoms with Crippen LogP contribution in [-0.4, -0.2) is 36.8 Å². The summed E-state index contributed by atoms with van der Waals surface area (Å²) in [6.45, 7) is 0.000847. The summed E-state index contributed by atoms with van der Waals surface area (Å²) in [5.74, 6) is 1.26. The molecule has 8 heteroatoms. The zero-order valence-corrected chi connectivity index (χ0v) is 12.4. The van der Waals surface area contributed by atoms with Crippen molar-refractivity contribution in [2.75, 3.05) is 30.9 Å². The average molecular weight is 339 g/mol. The molecule has 7 nitrogen and oxygen atoms in total. The van der Waals surface area contributed by atoms with Crippen molar-refractivity contribution in [1.82, 2.24) is 10.1 Å². The lowest BCUT2D eigenvalue weighted by Crippen LogP contribution is -2.25. The van der Waals surface area contributed by atoms with Crippen molar-refractivity contribution >= 4 is 33.5 Å². The highest BCUT2D eigenvalue weighted by atomic mass is 79.9. The Morgan fingerprint density at radius 1 is 1.40 bits per heavy atom. The third-order valence-corrected chi connectivity index (χ3v) is 3.40. The number of benzene rings is 1. The molecular formula is C12H11BrN4O3. The number of nitrogens with one attached hydrogen (secondary N) is 1. The van der Waals surface area contributed by atoms with Crippen LogP contribution in [-0.2, 0) is 4.79 Å². The Balaban J connectivity index is 2.03. The van der Waals surface area contributed by atoms with Crippen LogP contribution < -0.4 is 15.0 Å². The first kappa shape index (κ1) is 12.9. The Labute approximate surface area is 123 Å². The van der Waals surface area contributed by atoms with E-state index in [1.54, 1.807) is 17.0 Å². The molecule has 1 aliphatic heterocycles. The van der Waals surface area contributed by atoms with Gasteiger partial charge in [-0.1, -0.05) is 0 Å². The van der Waals surface area contributed by atoms with Crippen LogP contribution in [0.25, 0.3) is 11.5 Å². The van der Waals surface area contributed by atoms with Gasteiger partial charge in [-0.05, 0) is 33.2 Å². The Kier molecular flexibility index (Phi) is 3.09. The average Bonchev–Trinajstić information content (AvgIpc) is 2.87. The molecule has 0 aliphatic carbocycles. The summed E-state index contributed by atoms with van der Waals surface area (Å²) in [6, 6.07) is 3.51. The van der Waals surface area contributed by atoms with E-state index in [0.29, 0.717) is 28.8 Å². The Hall–Kier alpha value is -2.09. The van der Waals surface area contributed by atoms with Crippen LogP contribution in [0.3, 0.4) is 0 Å². The Bertz CT molecular complexity index is 683. The summed E-state index contributed by atoms with van der Waals surface area (Å²) < 4.78 is 11.3. The Morgan fingerprint density at radius 2 is 2.20 bits per heavy atom. The molecule has 3 rings (SSSR count). The van der Waals surface area contributed by atoms with E-state index >= 15 is 0 Å². The smallest absolute Gasteiger partial charge is 0.265 e. The number of nitrogens with zero attached hydrogens (tertiary/aromatic N) is 3. The molecule has 0 fully saturated rings. The standard InChI is InChI=1S/C12H11BrN4O3/c1-17(2)12-15-11(20-16-12)6-3-9-8(4-7(6)13)14-10(18)5-19-9/h3-4H,5H2,1-2H3,(H,14,18). The molecule has 1 aliphatic rings. The molecule has 1 aromatic heterocycles. The van der Waals surface area contributed by atoms with Crippen molar-refractivity contribution in [1.29, 1.82) is 0 Å². The van der Waals surface area contributed by atoms with Gasteiger partial charge in [0.15, 0.2) is 6.61 Å². The second-order valence-electron chi connectivity index (χ2n) is 4.46. The van der Waals surface area contributed by atoms with Crippen LogP contribution in [0.5, 0.6) is 5.75 Å². The number of ether oxygens (including phenoxy) is 1. The third-order valence-electron chi connectivity index (χ3n) is 2.75. The van der Waals surface area contributed by atoms with Crippen LogP contribution in [0.1, 0.15) is 0 Å². The van der Waals surface area contributed by atoms with Gasteiger partial charge in [0.05, 0.1) is 11.3 Å².